The fourth-order valence-corrected chi connectivity index (χ4v) is 5.26. The van der Waals surface area contributed by atoms with E-state index in [0.717, 1.165) is 16.7 Å². The van der Waals surface area contributed by atoms with Crippen molar-refractivity contribution >= 4 is 27.1 Å². The Bertz CT molecular complexity index is 988. The molecule has 3 heterocycles. The van der Waals surface area contributed by atoms with Gasteiger partial charge in [0.05, 0.1) is 17.0 Å². The molecule has 2 aromatic rings. The topological polar surface area (TPSA) is 91.6 Å². The van der Waals surface area contributed by atoms with Crippen molar-refractivity contribution in [1.29, 1.82) is 0 Å². The predicted molar refractivity (Wildman–Crippen MR) is 107 cm³/mol. The van der Waals surface area contributed by atoms with Crippen molar-refractivity contribution in [2.45, 2.75) is 27.7 Å². The predicted octanol–water partition coefficient (Wildman–Crippen LogP) is 0.930. The maximum Gasteiger partial charge on any atom is 0.282 e. The molecule has 28 heavy (non-hydrogen) atoms. The SMILES string of the molecule is CCN(CC)S(=O)(=O)N1CCN(C(=O)c2cc3c(C)nn(C)c3nc2C)CC1. The number of carbonyl (C=O) groups is 1. The van der Waals surface area contributed by atoms with Crippen LogP contribution in [-0.2, 0) is 17.3 Å². The molecule has 0 radical (unpaired) electrons. The Balaban J connectivity index is 1.78. The maximum atomic E-state index is 13.1. The molecule has 1 saturated heterocycles. The van der Waals surface area contributed by atoms with Crippen molar-refractivity contribution in [3.63, 3.8) is 0 Å². The second-order valence-electron chi connectivity index (χ2n) is 6.98. The third-order valence-electron chi connectivity index (χ3n) is 5.30. The van der Waals surface area contributed by atoms with E-state index >= 15 is 0 Å². The molecule has 10 heteroatoms. The van der Waals surface area contributed by atoms with E-state index in [1.807, 2.05) is 40.8 Å². The smallest absolute Gasteiger partial charge is 0.282 e. The molecule has 1 aliphatic rings. The zero-order valence-electron chi connectivity index (χ0n) is 17.1. The minimum Gasteiger partial charge on any atom is -0.336 e. The van der Waals surface area contributed by atoms with Gasteiger partial charge < -0.3 is 4.90 Å². The van der Waals surface area contributed by atoms with Gasteiger partial charge in [0.1, 0.15) is 0 Å². The molecule has 2 aromatic heterocycles. The Morgan fingerprint density at radius 1 is 1.11 bits per heavy atom. The summed E-state index contributed by atoms with van der Waals surface area (Å²) in [4.78, 5) is 19.3. The lowest BCUT2D eigenvalue weighted by Gasteiger charge is -2.36. The third-order valence-corrected chi connectivity index (χ3v) is 7.49. The van der Waals surface area contributed by atoms with Gasteiger partial charge in [0.25, 0.3) is 16.1 Å². The van der Waals surface area contributed by atoms with Gasteiger partial charge in [0.15, 0.2) is 5.65 Å². The number of rotatable bonds is 5. The zero-order valence-corrected chi connectivity index (χ0v) is 18.0. The van der Waals surface area contributed by atoms with Crippen LogP contribution in [0.3, 0.4) is 0 Å². The molecule has 0 bridgehead atoms. The summed E-state index contributed by atoms with van der Waals surface area (Å²) >= 11 is 0. The van der Waals surface area contributed by atoms with Crippen LogP contribution in [0.15, 0.2) is 6.07 Å². The number of nitrogens with zero attached hydrogens (tertiary/aromatic N) is 6. The number of amides is 1. The van der Waals surface area contributed by atoms with E-state index in [9.17, 15) is 13.2 Å². The molecule has 154 valence electrons. The van der Waals surface area contributed by atoms with Gasteiger partial charge in [0.2, 0.25) is 0 Å². The highest BCUT2D eigenvalue weighted by molar-refractivity contribution is 7.86. The van der Waals surface area contributed by atoms with Crippen LogP contribution >= 0.6 is 0 Å². The summed E-state index contributed by atoms with van der Waals surface area (Å²) in [5.41, 5.74) is 2.78. The van der Waals surface area contributed by atoms with Gasteiger partial charge in [-0.2, -0.15) is 22.1 Å². The summed E-state index contributed by atoms with van der Waals surface area (Å²) in [5.74, 6) is -0.116. The average Bonchev–Trinajstić information content (AvgIpc) is 2.94. The Kier molecular flexibility index (Phi) is 5.74. The Hall–Kier alpha value is -2.04. The van der Waals surface area contributed by atoms with Crippen LogP contribution in [0.1, 0.15) is 35.6 Å². The van der Waals surface area contributed by atoms with Gasteiger partial charge >= 0.3 is 0 Å². The van der Waals surface area contributed by atoms with E-state index in [1.54, 1.807) is 9.58 Å². The molecular formula is C18H28N6O3S. The zero-order chi connectivity index (χ0) is 20.6. The number of hydrogen-bond donors (Lipinski definition) is 0. The largest absolute Gasteiger partial charge is 0.336 e. The van der Waals surface area contributed by atoms with Crippen LogP contribution in [0.5, 0.6) is 0 Å². The van der Waals surface area contributed by atoms with Crippen molar-refractivity contribution in [3.05, 3.63) is 23.0 Å². The molecule has 0 saturated carbocycles. The highest BCUT2D eigenvalue weighted by Crippen LogP contribution is 2.21. The van der Waals surface area contributed by atoms with Gasteiger partial charge in [-0.05, 0) is 19.9 Å². The molecule has 1 amide bonds. The Morgan fingerprint density at radius 2 is 1.71 bits per heavy atom. The molecule has 1 fully saturated rings. The molecule has 0 unspecified atom stereocenters. The first-order valence-corrected chi connectivity index (χ1v) is 11.0. The maximum absolute atomic E-state index is 13.1. The van der Waals surface area contributed by atoms with Crippen LogP contribution in [-0.4, -0.2) is 81.9 Å². The minimum absolute atomic E-state index is 0.116. The normalized spacial score (nSPS) is 16.3. The molecule has 0 N–H and O–H groups in total. The lowest BCUT2D eigenvalue weighted by molar-refractivity contribution is 0.0693. The molecule has 0 aliphatic carbocycles. The van der Waals surface area contributed by atoms with Gasteiger partial charge in [0, 0.05) is 51.7 Å². The van der Waals surface area contributed by atoms with Crippen LogP contribution in [0, 0.1) is 13.8 Å². The van der Waals surface area contributed by atoms with Gasteiger partial charge in [-0.3, -0.25) is 9.48 Å². The molecule has 9 nitrogen and oxygen atoms in total. The number of pyridine rings is 1. The van der Waals surface area contributed by atoms with Crippen molar-refractivity contribution in [2.24, 2.45) is 7.05 Å². The number of fused-ring (bicyclic) bond motifs is 1. The van der Waals surface area contributed by atoms with Crippen molar-refractivity contribution in [1.82, 2.24) is 28.3 Å². The standard InChI is InChI=1S/C18H28N6O3S/c1-6-23(7-2)28(26,27)24-10-8-22(9-11-24)18(25)16-12-15-14(4)20-21(5)17(15)19-13(16)3/h12H,6-11H2,1-5H3. The van der Waals surface area contributed by atoms with E-state index in [2.05, 4.69) is 10.1 Å². The van der Waals surface area contributed by atoms with Gasteiger partial charge in [-0.25, -0.2) is 4.98 Å². The summed E-state index contributed by atoms with van der Waals surface area (Å²) in [6.07, 6.45) is 0. The molecule has 0 aromatic carbocycles. The van der Waals surface area contributed by atoms with Gasteiger partial charge in [-0.1, -0.05) is 13.8 Å². The van der Waals surface area contributed by atoms with E-state index < -0.39 is 10.2 Å². The lowest BCUT2D eigenvalue weighted by atomic mass is 10.1. The van der Waals surface area contributed by atoms with E-state index in [-0.39, 0.29) is 5.91 Å². The number of aromatic nitrogens is 3. The van der Waals surface area contributed by atoms with Crippen molar-refractivity contribution < 1.29 is 13.2 Å². The van der Waals surface area contributed by atoms with E-state index in [1.165, 1.54) is 8.61 Å². The quantitative estimate of drug-likeness (QED) is 0.734. The monoisotopic (exact) mass is 408 g/mol. The third kappa shape index (κ3) is 3.51. The number of aryl methyl sites for hydroxylation is 3. The first-order valence-electron chi connectivity index (χ1n) is 9.56. The number of piperazine rings is 1. The van der Waals surface area contributed by atoms with Crippen molar-refractivity contribution in [2.75, 3.05) is 39.3 Å². The minimum atomic E-state index is -3.47. The van der Waals surface area contributed by atoms with Crippen LogP contribution in [0.25, 0.3) is 11.0 Å². The number of carbonyl (C=O) groups excluding carboxylic acids is 1. The first-order chi connectivity index (χ1) is 13.2. The second kappa shape index (κ2) is 7.76. The van der Waals surface area contributed by atoms with Crippen LogP contribution in [0.4, 0.5) is 0 Å². The summed E-state index contributed by atoms with van der Waals surface area (Å²) in [6, 6.07) is 1.85. The van der Waals surface area contributed by atoms with Crippen LogP contribution in [0.2, 0.25) is 0 Å². The molecule has 1 aliphatic heterocycles. The molecular weight excluding hydrogens is 380 g/mol. The fourth-order valence-electron chi connectivity index (χ4n) is 3.65. The summed E-state index contributed by atoms with van der Waals surface area (Å²) < 4.78 is 29.9. The molecule has 3 rings (SSSR count). The highest BCUT2D eigenvalue weighted by Gasteiger charge is 2.32. The summed E-state index contributed by atoms with van der Waals surface area (Å²) in [5, 5.41) is 5.23. The summed E-state index contributed by atoms with van der Waals surface area (Å²) in [6.45, 7) is 9.56. The van der Waals surface area contributed by atoms with Crippen LogP contribution < -0.4 is 0 Å². The first kappa shape index (κ1) is 20.7. The van der Waals surface area contributed by atoms with E-state index in [0.29, 0.717) is 50.5 Å². The van der Waals surface area contributed by atoms with Gasteiger partial charge in [-0.15, -0.1) is 0 Å². The second-order valence-corrected chi connectivity index (χ2v) is 8.91. The fraction of sp³-hybridized carbons (Fsp3) is 0.611. The Morgan fingerprint density at radius 3 is 2.29 bits per heavy atom. The van der Waals surface area contributed by atoms with E-state index in [4.69, 9.17) is 0 Å². The number of hydrogen-bond acceptors (Lipinski definition) is 5. The van der Waals surface area contributed by atoms with Crippen molar-refractivity contribution in [3.8, 4) is 0 Å². The average molecular weight is 409 g/mol. The Labute approximate surface area is 166 Å². The summed E-state index contributed by atoms with van der Waals surface area (Å²) in [7, 11) is -1.64. The molecule has 0 atom stereocenters. The lowest BCUT2D eigenvalue weighted by Crippen LogP contribution is -2.54. The molecule has 0 spiro atoms. The highest BCUT2D eigenvalue weighted by atomic mass is 32.2.